The molecule has 1 unspecified atom stereocenters. The molecular weight excluding hydrogens is 112 g/mol. The molecule has 0 N–H and O–H groups in total. The molecule has 0 aromatic carbocycles. The van der Waals surface area contributed by atoms with Crippen molar-refractivity contribution >= 4 is 0 Å². The van der Waals surface area contributed by atoms with Gasteiger partial charge >= 0.3 is 0 Å². The zero-order valence-corrected chi connectivity index (χ0v) is 6.13. The van der Waals surface area contributed by atoms with E-state index in [1.807, 2.05) is 26.0 Å². The molecule has 0 aliphatic carbocycles. The highest BCUT2D eigenvalue weighted by molar-refractivity contribution is 4.80. The molecule has 0 aliphatic heterocycles. The molecule has 0 heterocycles. The van der Waals surface area contributed by atoms with Crippen LogP contribution in [-0.4, -0.2) is 12.7 Å². The summed E-state index contributed by atoms with van der Waals surface area (Å²) in [5.41, 5.74) is 0. The van der Waals surface area contributed by atoms with Gasteiger partial charge in [-0.1, -0.05) is 18.2 Å². The van der Waals surface area contributed by atoms with Gasteiger partial charge in [-0.3, -0.25) is 0 Å². The smallest absolute Gasteiger partial charge is 0.0729 e. The third-order valence-corrected chi connectivity index (χ3v) is 1.02. The molecule has 1 nitrogen and oxygen atoms in total. The van der Waals surface area contributed by atoms with Gasteiger partial charge in [0.2, 0.25) is 0 Å². The first-order valence-electron chi connectivity index (χ1n) is 3.16. The highest BCUT2D eigenvalue weighted by Gasteiger charge is 1.89. The summed E-state index contributed by atoms with van der Waals surface area (Å²) in [7, 11) is 0. The van der Waals surface area contributed by atoms with Crippen molar-refractivity contribution in [1.29, 1.82) is 0 Å². The van der Waals surface area contributed by atoms with E-state index in [-0.39, 0.29) is 6.10 Å². The molecule has 0 fully saturated rings. The standard InChI is InChI=1S/C8H14O/c1-4-6-7-9-8(3)5-2/h4-6,8H,2,7H2,1,3H3. The Morgan fingerprint density at radius 3 is 2.78 bits per heavy atom. The van der Waals surface area contributed by atoms with Crippen molar-refractivity contribution < 1.29 is 4.74 Å². The Kier molecular flexibility index (Phi) is 5.23. The average molecular weight is 126 g/mol. The second-order valence-corrected chi connectivity index (χ2v) is 1.84. The van der Waals surface area contributed by atoms with Crippen molar-refractivity contribution in [2.75, 3.05) is 6.61 Å². The number of hydrogen-bond acceptors (Lipinski definition) is 1. The van der Waals surface area contributed by atoms with Crippen LogP contribution < -0.4 is 0 Å². The molecule has 1 heteroatoms. The third-order valence-electron chi connectivity index (χ3n) is 1.02. The van der Waals surface area contributed by atoms with Gasteiger partial charge in [0.1, 0.15) is 0 Å². The lowest BCUT2D eigenvalue weighted by Gasteiger charge is -2.03. The fraction of sp³-hybridized carbons (Fsp3) is 0.500. The summed E-state index contributed by atoms with van der Waals surface area (Å²) in [5.74, 6) is 0. The number of allylic oxidation sites excluding steroid dienone is 1. The molecule has 0 aromatic rings. The third kappa shape index (κ3) is 5.31. The molecule has 0 rings (SSSR count). The van der Waals surface area contributed by atoms with E-state index in [2.05, 4.69) is 6.58 Å². The molecule has 0 aromatic heterocycles. The zero-order valence-electron chi connectivity index (χ0n) is 6.13. The van der Waals surface area contributed by atoms with Crippen LogP contribution >= 0.6 is 0 Å². The lowest BCUT2D eigenvalue weighted by molar-refractivity contribution is 0.123. The maximum atomic E-state index is 5.23. The Morgan fingerprint density at radius 1 is 1.67 bits per heavy atom. The zero-order chi connectivity index (χ0) is 7.11. The summed E-state index contributed by atoms with van der Waals surface area (Å²) in [6.07, 6.45) is 5.89. The van der Waals surface area contributed by atoms with E-state index in [0.717, 1.165) is 0 Å². The van der Waals surface area contributed by atoms with E-state index in [0.29, 0.717) is 6.61 Å². The lowest BCUT2D eigenvalue weighted by Crippen LogP contribution is -2.02. The minimum absolute atomic E-state index is 0.168. The summed E-state index contributed by atoms with van der Waals surface area (Å²) >= 11 is 0. The van der Waals surface area contributed by atoms with Crippen molar-refractivity contribution in [3.05, 3.63) is 24.8 Å². The molecule has 1 atom stereocenters. The summed E-state index contributed by atoms with van der Waals surface area (Å²) in [6, 6.07) is 0. The van der Waals surface area contributed by atoms with Gasteiger partial charge in [0.25, 0.3) is 0 Å². The first-order chi connectivity index (χ1) is 4.31. The predicted molar refractivity (Wildman–Crippen MR) is 40.4 cm³/mol. The van der Waals surface area contributed by atoms with Crippen LogP contribution in [-0.2, 0) is 4.74 Å². The molecular formula is C8H14O. The monoisotopic (exact) mass is 126 g/mol. The first kappa shape index (κ1) is 8.44. The van der Waals surface area contributed by atoms with E-state index in [1.54, 1.807) is 6.08 Å². The van der Waals surface area contributed by atoms with Crippen LogP contribution in [0.25, 0.3) is 0 Å². The van der Waals surface area contributed by atoms with Crippen molar-refractivity contribution in [2.45, 2.75) is 20.0 Å². The average Bonchev–Trinajstić information content (AvgIpc) is 1.89. The van der Waals surface area contributed by atoms with Crippen molar-refractivity contribution in [2.24, 2.45) is 0 Å². The largest absolute Gasteiger partial charge is 0.370 e. The second kappa shape index (κ2) is 5.57. The van der Waals surface area contributed by atoms with Crippen LogP contribution in [0, 0.1) is 0 Å². The SMILES string of the molecule is C=CC(C)OCC=CC. The molecule has 52 valence electrons. The summed E-state index contributed by atoms with van der Waals surface area (Å²) < 4.78 is 5.23. The van der Waals surface area contributed by atoms with E-state index in [1.165, 1.54) is 0 Å². The van der Waals surface area contributed by atoms with Crippen molar-refractivity contribution in [1.82, 2.24) is 0 Å². The van der Waals surface area contributed by atoms with Crippen molar-refractivity contribution in [3.63, 3.8) is 0 Å². The quantitative estimate of drug-likeness (QED) is 0.524. The van der Waals surface area contributed by atoms with E-state index >= 15 is 0 Å². The van der Waals surface area contributed by atoms with Crippen LogP contribution in [0.1, 0.15) is 13.8 Å². The van der Waals surface area contributed by atoms with Crippen LogP contribution in [0.2, 0.25) is 0 Å². The summed E-state index contributed by atoms with van der Waals surface area (Å²) in [6.45, 7) is 8.22. The fourth-order valence-corrected chi connectivity index (χ4v) is 0.372. The maximum absolute atomic E-state index is 5.23. The Bertz CT molecular complexity index is 94.7. The van der Waals surface area contributed by atoms with Crippen LogP contribution in [0.5, 0.6) is 0 Å². The van der Waals surface area contributed by atoms with Gasteiger partial charge < -0.3 is 4.74 Å². The minimum Gasteiger partial charge on any atom is -0.370 e. The van der Waals surface area contributed by atoms with Crippen LogP contribution in [0.3, 0.4) is 0 Å². The fourth-order valence-electron chi connectivity index (χ4n) is 0.372. The molecule has 0 saturated heterocycles. The summed E-state index contributed by atoms with van der Waals surface area (Å²) in [5, 5.41) is 0. The van der Waals surface area contributed by atoms with Gasteiger partial charge in [-0.15, -0.1) is 6.58 Å². The minimum atomic E-state index is 0.168. The van der Waals surface area contributed by atoms with Gasteiger partial charge in [-0.2, -0.15) is 0 Å². The highest BCUT2D eigenvalue weighted by Crippen LogP contribution is 1.89. The van der Waals surface area contributed by atoms with E-state index < -0.39 is 0 Å². The Morgan fingerprint density at radius 2 is 2.33 bits per heavy atom. The molecule has 0 aliphatic rings. The number of hydrogen-bond donors (Lipinski definition) is 0. The highest BCUT2D eigenvalue weighted by atomic mass is 16.5. The summed E-state index contributed by atoms with van der Waals surface area (Å²) in [4.78, 5) is 0. The Hall–Kier alpha value is -0.560. The molecule has 0 bridgehead atoms. The first-order valence-corrected chi connectivity index (χ1v) is 3.16. The van der Waals surface area contributed by atoms with Gasteiger partial charge in [-0.25, -0.2) is 0 Å². The second-order valence-electron chi connectivity index (χ2n) is 1.84. The number of ether oxygens (including phenoxy) is 1. The van der Waals surface area contributed by atoms with Gasteiger partial charge in [0.15, 0.2) is 0 Å². The van der Waals surface area contributed by atoms with Crippen LogP contribution in [0.15, 0.2) is 24.8 Å². The number of rotatable bonds is 4. The molecule has 0 radical (unpaired) electrons. The topological polar surface area (TPSA) is 9.23 Å². The lowest BCUT2D eigenvalue weighted by atomic mass is 10.4. The Balaban J connectivity index is 3.16. The van der Waals surface area contributed by atoms with E-state index in [9.17, 15) is 0 Å². The van der Waals surface area contributed by atoms with Gasteiger partial charge in [0.05, 0.1) is 12.7 Å². The van der Waals surface area contributed by atoms with Gasteiger partial charge in [0, 0.05) is 0 Å². The van der Waals surface area contributed by atoms with Gasteiger partial charge in [-0.05, 0) is 13.8 Å². The normalized spacial score (nSPS) is 14.0. The molecule has 9 heavy (non-hydrogen) atoms. The molecule has 0 saturated carbocycles. The Labute approximate surface area is 57.0 Å². The molecule has 0 spiro atoms. The van der Waals surface area contributed by atoms with E-state index in [4.69, 9.17) is 4.74 Å². The van der Waals surface area contributed by atoms with Crippen molar-refractivity contribution in [3.8, 4) is 0 Å². The maximum Gasteiger partial charge on any atom is 0.0729 e. The molecule has 0 amide bonds. The predicted octanol–water partition coefficient (Wildman–Crippen LogP) is 2.15. The van der Waals surface area contributed by atoms with Crippen LogP contribution in [0.4, 0.5) is 0 Å².